The zero-order valence-corrected chi connectivity index (χ0v) is 12.2. The molecule has 19 heavy (non-hydrogen) atoms. The fraction of sp³-hybridized carbons (Fsp3) is 0.182. The molecule has 0 amide bonds. The van der Waals surface area contributed by atoms with E-state index in [2.05, 4.69) is 26.0 Å². The van der Waals surface area contributed by atoms with Gasteiger partial charge in [-0.25, -0.2) is 14.1 Å². The van der Waals surface area contributed by atoms with Gasteiger partial charge in [-0.1, -0.05) is 17.8 Å². The average Bonchev–Trinajstić information content (AvgIpc) is 2.71. The zero-order valence-electron chi connectivity index (χ0n) is 9.80. The second-order valence-corrected chi connectivity index (χ2v) is 5.42. The van der Waals surface area contributed by atoms with Gasteiger partial charge in [0.2, 0.25) is 0 Å². The number of halogens is 2. The topological polar surface area (TPSA) is 68.0 Å². The molecule has 1 aromatic heterocycles. The first-order valence-corrected chi connectivity index (χ1v) is 6.97. The Labute approximate surface area is 121 Å². The van der Waals surface area contributed by atoms with Gasteiger partial charge in [0.25, 0.3) is 0 Å². The predicted molar refractivity (Wildman–Crippen MR) is 72.5 cm³/mol. The van der Waals surface area contributed by atoms with E-state index in [1.807, 2.05) is 0 Å². The molecule has 0 spiro atoms. The highest BCUT2D eigenvalue weighted by molar-refractivity contribution is 9.10. The molecule has 0 bridgehead atoms. The Morgan fingerprint density at radius 1 is 1.58 bits per heavy atom. The van der Waals surface area contributed by atoms with Crippen LogP contribution in [-0.2, 0) is 11.8 Å². The Morgan fingerprint density at radius 3 is 3.00 bits per heavy atom. The number of aryl methyl sites for hydroxylation is 1. The Kier molecular flexibility index (Phi) is 4.20. The molecule has 2 rings (SSSR count). The number of nitrogens with zero attached hydrogens (tertiary/aromatic N) is 3. The van der Waals surface area contributed by atoms with Crippen LogP contribution in [-0.4, -0.2) is 31.6 Å². The van der Waals surface area contributed by atoms with Gasteiger partial charge >= 0.3 is 5.97 Å². The summed E-state index contributed by atoms with van der Waals surface area (Å²) in [5, 5.41) is 13.1. The monoisotopic (exact) mass is 345 g/mol. The van der Waals surface area contributed by atoms with Crippen molar-refractivity contribution in [3.05, 3.63) is 28.5 Å². The fourth-order valence-electron chi connectivity index (χ4n) is 1.41. The summed E-state index contributed by atoms with van der Waals surface area (Å²) in [6, 6.07) is 4.84. The van der Waals surface area contributed by atoms with Crippen LogP contribution in [0.15, 0.2) is 27.8 Å². The Hall–Kier alpha value is -1.41. The highest BCUT2D eigenvalue weighted by Crippen LogP contribution is 2.27. The van der Waals surface area contributed by atoms with E-state index in [1.54, 1.807) is 25.2 Å². The first-order valence-electron chi connectivity index (χ1n) is 5.19. The summed E-state index contributed by atoms with van der Waals surface area (Å²) < 4.78 is 15.7. The molecule has 0 fully saturated rings. The third-order valence-electron chi connectivity index (χ3n) is 2.24. The number of hydrogen-bond acceptors (Lipinski definition) is 4. The van der Waals surface area contributed by atoms with Crippen molar-refractivity contribution in [2.75, 3.05) is 5.75 Å². The summed E-state index contributed by atoms with van der Waals surface area (Å²) in [5.74, 6) is -1.27. The average molecular weight is 346 g/mol. The van der Waals surface area contributed by atoms with Crippen molar-refractivity contribution >= 4 is 33.7 Å². The number of hydrogen-bond donors (Lipinski definition) is 1. The Balaban J connectivity index is 2.34. The quantitative estimate of drug-likeness (QED) is 0.862. The summed E-state index contributed by atoms with van der Waals surface area (Å²) in [4.78, 5) is 14.7. The Bertz CT molecular complexity index is 632. The van der Waals surface area contributed by atoms with Crippen molar-refractivity contribution in [2.24, 2.45) is 7.05 Å². The van der Waals surface area contributed by atoms with Gasteiger partial charge in [0.1, 0.15) is 5.82 Å². The number of benzene rings is 1. The lowest BCUT2D eigenvalue weighted by atomic mass is 10.2. The number of aromatic nitrogens is 3. The van der Waals surface area contributed by atoms with Gasteiger partial charge in [-0.3, -0.25) is 4.79 Å². The van der Waals surface area contributed by atoms with Crippen molar-refractivity contribution < 1.29 is 14.3 Å². The molecule has 1 heterocycles. The second kappa shape index (κ2) is 5.70. The van der Waals surface area contributed by atoms with Gasteiger partial charge in [0.15, 0.2) is 11.0 Å². The molecular weight excluding hydrogens is 337 g/mol. The molecule has 0 radical (unpaired) electrons. The number of carboxylic acid groups (broad SMARTS) is 1. The van der Waals surface area contributed by atoms with E-state index in [-0.39, 0.29) is 17.1 Å². The maximum absolute atomic E-state index is 13.9. The van der Waals surface area contributed by atoms with E-state index in [4.69, 9.17) is 5.11 Å². The molecule has 100 valence electrons. The van der Waals surface area contributed by atoms with Crippen molar-refractivity contribution in [1.29, 1.82) is 0 Å². The van der Waals surface area contributed by atoms with Crippen LogP contribution in [0.25, 0.3) is 11.4 Å². The smallest absolute Gasteiger partial charge is 0.313 e. The van der Waals surface area contributed by atoms with Crippen molar-refractivity contribution in [3.63, 3.8) is 0 Å². The van der Waals surface area contributed by atoms with Crippen LogP contribution in [0.4, 0.5) is 4.39 Å². The van der Waals surface area contributed by atoms with Crippen LogP contribution in [0, 0.1) is 5.82 Å². The zero-order chi connectivity index (χ0) is 14.0. The summed E-state index contributed by atoms with van der Waals surface area (Å²) in [7, 11) is 1.64. The minimum Gasteiger partial charge on any atom is -0.481 e. The minimum atomic E-state index is -0.941. The molecule has 8 heteroatoms. The molecule has 0 unspecified atom stereocenters. The van der Waals surface area contributed by atoms with Crippen molar-refractivity contribution in [1.82, 2.24) is 14.8 Å². The van der Waals surface area contributed by atoms with E-state index >= 15 is 0 Å². The first-order chi connectivity index (χ1) is 8.99. The van der Waals surface area contributed by atoms with Gasteiger partial charge in [0.05, 0.1) is 15.8 Å². The molecule has 2 aromatic rings. The third kappa shape index (κ3) is 3.13. The fourth-order valence-corrected chi connectivity index (χ4v) is 2.41. The largest absolute Gasteiger partial charge is 0.481 e. The summed E-state index contributed by atoms with van der Waals surface area (Å²) in [5.41, 5.74) is 0.271. The molecule has 1 aromatic carbocycles. The molecule has 5 nitrogen and oxygen atoms in total. The van der Waals surface area contributed by atoms with Crippen LogP contribution >= 0.6 is 27.7 Å². The second-order valence-electron chi connectivity index (χ2n) is 3.63. The number of carboxylic acids is 1. The van der Waals surface area contributed by atoms with Crippen LogP contribution in [0.2, 0.25) is 0 Å². The number of thioether (sulfide) groups is 1. The molecule has 0 aliphatic carbocycles. The molecule has 0 aliphatic rings. The van der Waals surface area contributed by atoms with Crippen molar-refractivity contribution in [2.45, 2.75) is 5.16 Å². The van der Waals surface area contributed by atoms with Gasteiger partial charge in [0, 0.05) is 7.05 Å². The van der Waals surface area contributed by atoms with Crippen LogP contribution in [0.5, 0.6) is 0 Å². The van der Waals surface area contributed by atoms with E-state index in [0.29, 0.717) is 9.63 Å². The molecular formula is C11H9BrFN3O2S. The van der Waals surface area contributed by atoms with Crippen molar-refractivity contribution in [3.8, 4) is 11.4 Å². The van der Waals surface area contributed by atoms with Crippen LogP contribution < -0.4 is 0 Å². The standard InChI is InChI=1S/C11H9BrFN3O2S/c1-16-11(19-5-8(17)18)14-10(15-16)6-3-2-4-7(12)9(6)13/h2-4H,5H2,1H3,(H,17,18). The van der Waals surface area contributed by atoms with Gasteiger partial charge in [-0.2, -0.15) is 5.10 Å². The molecule has 0 saturated heterocycles. The molecule has 0 saturated carbocycles. The third-order valence-corrected chi connectivity index (χ3v) is 3.86. The summed E-state index contributed by atoms with van der Waals surface area (Å²) >= 11 is 4.13. The molecule has 0 aliphatic heterocycles. The van der Waals surface area contributed by atoms with E-state index in [1.165, 1.54) is 4.68 Å². The molecule has 1 N–H and O–H groups in total. The highest BCUT2D eigenvalue weighted by Gasteiger charge is 2.15. The van der Waals surface area contributed by atoms with E-state index < -0.39 is 11.8 Å². The maximum atomic E-state index is 13.9. The van der Waals surface area contributed by atoms with Gasteiger partial charge < -0.3 is 5.11 Å². The molecule has 0 atom stereocenters. The predicted octanol–water partition coefficient (Wildman–Crippen LogP) is 2.56. The Morgan fingerprint density at radius 2 is 2.32 bits per heavy atom. The van der Waals surface area contributed by atoms with Gasteiger partial charge in [-0.05, 0) is 28.1 Å². The summed E-state index contributed by atoms with van der Waals surface area (Å²) in [6.45, 7) is 0. The lowest BCUT2D eigenvalue weighted by molar-refractivity contribution is -0.133. The minimum absolute atomic E-state index is 0.118. The lowest BCUT2D eigenvalue weighted by Gasteiger charge is -1.99. The summed E-state index contributed by atoms with van der Waals surface area (Å²) in [6.07, 6.45) is 0. The highest BCUT2D eigenvalue weighted by atomic mass is 79.9. The maximum Gasteiger partial charge on any atom is 0.313 e. The lowest BCUT2D eigenvalue weighted by Crippen LogP contribution is -2.00. The number of carbonyl (C=O) groups is 1. The number of aliphatic carboxylic acids is 1. The first kappa shape index (κ1) is 14.0. The normalized spacial score (nSPS) is 10.7. The SMILES string of the molecule is Cn1nc(-c2cccc(Br)c2F)nc1SCC(=O)O. The van der Waals surface area contributed by atoms with Crippen LogP contribution in [0.3, 0.4) is 0 Å². The van der Waals surface area contributed by atoms with E-state index in [9.17, 15) is 9.18 Å². The van der Waals surface area contributed by atoms with Gasteiger partial charge in [-0.15, -0.1) is 0 Å². The van der Waals surface area contributed by atoms with Crippen LogP contribution in [0.1, 0.15) is 0 Å². The van der Waals surface area contributed by atoms with E-state index in [0.717, 1.165) is 11.8 Å². The number of rotatable bonds is 4.